The summed E-state index contributed by atoms with van der Waals surface area (Å²) in [5.41, 5.74) is 4.27. The predicted molar refractivity (Wildman–Crippen MR) is 128 cm³/mol. The molecule has 170 valence electrons. The molecule has 1 aliphatic carbocycles. The average molecular weight is 434 g/mol. The predicted octanol–water partition coefficient (Wildman–Crippen LogP) is 4.32. The lowest BCUT2D eigenvalue weighted by Crippen LogP contribution is -2.53. The molecule has 0 radical (unpaired) electrons. The second-order valence-electron chi connectivity index (χ2n) is 9.83. The molecule has 3 atom stereocenters. The number of hydrogen-bond donors (Lipinski definition) is 1. The maximum atomic E-state index is 13.2. The van der Waals surface area contributed by atoms with Gasteiger partial charge in [0.25, 0.3) is 0 Å². The Morgan fingerprint density at radius 3 is 2.94 bits per heavy atom. The third-order valence-electron chi connectivity index (χ3n) is 7.45. The number of fused-ring (bicyclic) bond motifs is 2. The van der Waals surface area contributed by atoms with E-state index in [0.29, 0.717) is 24.7 Å². The summed E-state index contributed by atoms with van der Waals surface area (Å²) >= 11 is 0. The number of piperidine rings is 1. The van der Waals surface area contributed by atoms with Crippen LogP contribution >= 0.6 is 0 Å². The monoisotopic (exact) mass is 433 g/mol. The summed E-state index contributed by atoms with van der Waals surface area (Å²) in [4.78, 5) is 19.9. The summed E-state index contributed by atoms with van der Waals surface area (Å²) in [7, 11) is 0. The third-order valence-corrected chi connectivity index (χ3v) is 7.45. The molecular weight excluding hydrogens is 398 g/mol. The van der Waals surface area contributed by atoms with E-state index in [1.165, 1.54) is 34.9 Å². The second kappa shape index (κ2) is 8.74. The Balaban J connectivity index is 1.45. The van der Waals surface area contributed by atoms with Crippen LogP contribution in [0.15, 0.2) is 43.1 Å². The van der Waals surface area contributed by atoms with Gasteiger partial charge in [0.15, 0.2) is 0 Å². The van der Waals surface area contributed by atoms with Crippen molar-refractivity contribution in [3.8, 4) is 0 Å². The summed E-state index contributed by atoms with van der Waals surface area (Å²) < 4.78 is 4.33. The molecule has 1 unspecified atom stereocenters. The summed E-state index contributed by atoms with van der Waals surface area (Å²) in [6.07, 6.45) is 12.1. The molecule has 1 aliphatic heterocycles. The summed E-state index contributed by atoms with van der Waals surface area (Å²) in [6.45, 7) is 9.17. The van der Waals surface area contributed by atoms with Crippen LogP contribution in [0.5, 0.6) is 0 Å². The van der Waals surface area contributed by atoms with Crippen molar-refractivity contribution in [2.45, 2.75) is 71.1 Å². The number of carbonyl (C=O) groups is 1. The van der Waals surface area contributed by atoms with E-state index in [1.54, 1.807) is 12.5 Å². The van der Waals surface area contributed by atoms with Crippen molar-refractivity contribution in [2.24, 2.45) is 5.92 Å². The second-order valence-corrected chi connectivity index (χ2v) is 9.83. The number of benzene rings is 1. The molecule has 0 bridgehead atoms. The number of nitrogens with one attached hydrogen (secondary N) is 1. The van der Waals surface area contributed by atoms with Crippen LogP contribution in [0.1, 0.15) is 63.1 Å². The van der Waals surface area contributed by atoms with Crippen molar-refractivity contribution in [3.05, 3.63) is 54.2 Å². The highest BCUT2D eigenvalue weighted by Crippen LogP contribution is 2.45. The maximum absolute atomic E-state index is 13.2. The van der Waals surface area contributed by atoms with E-state index in [2.05, 4.69) is 64.9 Å². The molecule has 2 aromatic heterocycles. The molecule has 6 nitrogen and oxygen atoms in total. The van der Waals surface area contributed by atoms with Crippen molar-refractivity contribution < 1.29 is 4.79 Å². The molecule has 0 saturated carbocycles. The quantitative estimate of drug-likeness (QED) is 0.604. The fourth-order valence-corrected chi connectivity index (χ4v) is 5.86. The Kier molecular flexibility index (Phi) is 5.80. The van der Waals surface area contributed by atoms with Gasteiger partial charge >= 0.3 is 0 Å². The molecule has 2 aliphatic rings. The molecule has 6 heteroatoms. The highest BCUT2D eigenvalue weighted by Gasteiger charge is 2.42. The van der Waals surface area contributed by atoms with Gasteiger partial charge in [0, 0.05) is 54.0 Å². The molecule has 32 heavy (non-hydrogen) atoms. The van der Waals surface area contributed by atoms with Gasteiger partial charge in [0.1, 0.15) is 0 Å². The summed E-state index contributed by atoms with van der Waals surface area (Å²) in [6, 6.07) is 7.72. The first-order chi connectivity index (χ1) is 15.6. The Bertz CT molecular complexity index is 1080. The standard InChI is InChI=1S/C26H35N5O/c1-4-5-10-30-14-20(26(32)28-17-29-11-9-27-16-29)12-22-21-7-6-8-23-25(21)19(13-24(22)30)15-31(23)18(2)3/h6-9,11,15-16,18,20,22,24H,4-5,10,12-14,17H2,1-3H3,(H,28,32)/t20?,22-,24-/m1/s1. The first-order valence-electron chi connectivity index (χ1n) is 12.2. The minimum Gasteiger partial charge on any atom is -0.345 e. The zero-order valence-electron chi connectivity index (χ0n) is 19.5. The molecule has 3 aromatic rings. The topological polar surface area (TPSA) is 55.1 Å². The number of rotatable bonds is 7. The molecule has 1 saturated heterocycles. The number of unbranched alkanes of at least 4 members (excludes halogenated alkanes) is 1. The molecule has 1 aromatic carbocycles. The van der Waals surface area contributed by atoms with Crippen LogP contribution in [0.4, 0.5) is 0 Å². The first-order valence-corrected chi connectivity index (χ1v) is 12.2. The average Bonchev–Trinajstić information content (AvgIpc) is 3.45. The first kappa shape index (κ1) is 21.3. The number of aromatic nitrogens is 3. The smallest absolute Gasteiger partial charge is 0.225 e. The zero-order chi connectivity index (χ0) is 22.2. The van der Waals surface area contributed by atoms with Gasteiger partial charge < -0.3 is 14.5 Å². The van der Waals surface area contributed by atoms with Crippen LogP contribution in [-0.2, 0) is 17.9 Å². The van der Waals surface area contributed by atoms with Gasteiger partial charge in [-0.3, -0.25) is 9.69 Å². The van der Waals surface area contributed by atoms with E-state index in [4.69, 9.17) is 0 Å². The minimum absolute atomic E-state index is 0.0145. The van der Waals surface area contributed by atoms with E-state index in [0.717, 1.165) is 25.9 Å². The van der Waals surface area contributed by atoms with Crippen LogP contribution in [0.2, 0.25) is 0 Å². The highest BCUT2D eigenvalue weighted by atomic mass is 16.2. The van der Waals surface area contributed by atoms with E-state index >= 15 is 0 Å². The van der Waals surface area contributed by atoms with E-state index in [-0.39, 0.29) is 11.8 Å². The number of amides is 1. The van der Waals surface area contributed by atoms with Crippen LogP contribution in [0.3, 0.4) is 0 Å². The van der Waals surface area contributed by atoms with Crippen molar-refractivity contribution in [1.82, 2.24) is 24.3 Å². The highest BCUT2D eigenvalue weighted by molar-refractivity contribution is 5.89. The van der Waals surface area contributed by atoms with Gasteiger partial charge in [-0.15, -0.1) is 0 Å². The summed E-state index contributed by atoms with van der Waals surface area (Å²) in [5.74, 6) is 0.584. The number of likely N-dealkylation sites (tertiary alicyclic amines) is 1. The van der Waals surface area contributed by atoms with E-state index in [9.17, 15) is 4.79 Å². The lowest BCUT2D eigenvalue weighted by Gasteiger charge is -2.46. The van der Waals surface area contributed by atoms with Crippen molar-refractivity contribution >= 4 is 16.8 Å². The molecule has 0 spiro atoms. The largest absolute Gasteiger partial charge is 0.345 e. The number of carbonyl (C=O) groups excluding carboxylic acids is 1. The Morgan fingerprint density at radius 1 is 1.31 bits per heavy atom. The van der Waals surface area contributed by atoms with Gasteiger partial charge in [0.05, 0.1) is 18.9 Å². The molecule has 3 heterocycles. The molecular formula is C26H35N5O. The van der Waals surface area contributed by atoms with E-state index < -0.39 is 0 Å². The van der Waals surface area contributed by atoms with Crippen LogP contribution in [0, 0.1) is 5.92 Å². The van der Waals surface area contributed by atoms with Gasteiger partial charge in [-0.25, -0.2) is 4.98 Å². The van der Waals surface area contributed by atoms with Crippen molar-refractivity contribution in [1.29, 1.82) is 0 Å². The van der Waals surface area contributed by atoms with E-state index in [1.807, 2.05) is 10.8 Å². The number of nitrogens with zero attached hydrogens (tertiary/aromatic N) is 4. The normalized spacial score (nSPS) is 22.9. The lowest BCUT2D eigenvalue weighted by atomic mass is 9.72. The lowest BCUT2D eigenvalue weighted by molar-refractivity contribution is -0.128. The van der Waals surface area contributed by atoms with Gasteiger partial charge in [-0.2, -0.15) is 0 Å². The number of imidazole rings is 1. The number of hydrogen-bond acceptors (Lipinski definition) is 3. The SMILES string of the molecule is CCCCN1CC(C(=O)NCn2ccnc2)C[C@@H]2c3cccc4c3c(cn4C(C)C)C[C@H]21. The molecule has 1 fully saturated rings. The maximum Gasteiger partial charge on any atom is 0.225 e. The van der Waals surface area contributed by atoms with Crippen LogP contribution in [0.25, 0.3) is 10.9 Å². The Hall–Kier alpha value is -2.60. The fourth-order valence-electron chi connectivity index (χ4n) is 5.86. The van der Waals surface area contributed by atoms with Gasteiger partial charge in [-0.05, 0) is 56.8 Å². The van der Waals surface area contributed by atoms with Crippen molar-refractivity contribution in [2.75, 3.05) is 13.1 Å². The van der Waals surface area contributed by atoms with Crippen molar-refractivity contribution in [3.63, 3.8) is 0 Å². The Labute approximate surface area is 190 Å². The summed E-state index contributed by atoms with van der Waals surface area (Å²) in [5, 5.41) is 4.59. The third kappa shape index (κ3) is 3.75. The Morgan fingerprint density at radius 2 is 2.19 bits per heavy atom. The molecule has 1 amide bonds. The fraction of sp³-hybridized carbons (Fsp3) is 0.538. The molecule has 5 rings (SSSR count). The minimum atomic E-state index is 0.0145. The van der Waals surface area contributed by atoms with Crippen LogP contribution in [-0.4, -0.2) is 44.1 Å². The van der Waals surface area contributed by atoms with Gasteiger partial charge in [-0.1, -0.05) is 25.5 Å². The zero-order valence-corrected chi connectivity index (χ0v) is 19.5. The molecule has 1 N–H and O–H groups in total. The van der Waals surface area contributed by atoms with Gasteiger partial charge in [0.2, 0.25) is 5.91 Å². The van der Waals surface area contributed by atoms with Crippen LogP contribution < -0.4 is 5.32 Å².